The van der Waals surface area contributed by atoms with Crippen LogP contribution >= 0.6 is 0 Å². The summed E-state index contributed by atoms with van der Waals surface area (Å²) in [6, 6.07) is -3.65. The molecule has 0 aliphatic carbocycles. The molecule has 0 spiro atoms. The molecule has 0 aromatic heterocycles. The first-order valence-corrected chi connectivity index (χ1v) is 28.9. The number of rotatable bonds is 25. The molecule has 7 saturated heterocycles. The number of carbonyl (C=O) groups excluding carboxylic acids is 3. The summed E-state index contributed by atoms with van der Waals surface area (Å²) in [5.74, 6) is -7.36. The van der Waals surface area contributed by atoms with Crippen molar-refractivity contribution in [1.29, 1.82) is 0 Å². The molecular weight excluding hydrogens is 1250 g/mol. The molecule has 0 aromatic rings. The molecule has 0 saturated carbocycles. The predicted molar refractivity (Wildman–Crippen MR) is 278 cm³/mol. The minimum Gasteiger partial charge on any atom is -0.544 e. The van der Waals surface area contributed by atoms with E-state index in [-0.39, 0.29) is 0 Å². The molecule has 528 valence electrons. The second-order valence-electron chi connectivity index (χ2n) is 23.0. The Bertz CT molecular complexity index is 2310. The molecule has 36 atom stereocenters. The Balaban J connectivity index is 1.16. The van der Waals surface area contributed by atoms with Crippen LogP contribution in [0.2, 0.25) is 0 Å². The van der Waals surface area contributed by atoms with Crippen LogP contribution in [0, 0.1) is 0 Å². The lowest BCUT2D eigenvalue weighted by Crippen LogP contribution is -2.72. The molecular formula is C51H85N2O38-. The summed E-state index contributed by atoms with van der Waals surface area (Å²) in [5, 5.41) is 235. The maximum Gasteiger partial charge on any atom is 0.217 e. The van der Waals surface area contributed by atoms with Crippen LogP contribution in [-0.4, -0.2) is 394 Å². The van der Waals surface area contributed by atoms with Crippen LogP contribution in [0.4, 0.5) is 0 Å². The molecule has 22 N–H and O–H groups in total. The summed E-state index contributed by atoms with van der Waals surface area (Å²) >= 11 is 0. The highest BCUT2D eigenvalue weighted by Gasteiger charge is 2.61. The third kappa shape index (κ3) is 16.2. The highest BCUT2D eigenvalue weighted by atomic mass is 16.8. The first-order valence-electron chi connectivity index (χ1n) is 28.9. The maximum atomic E-state index is 13.1. The number of carbonyl (C=O) groups is 3. The van der Waals surface area contributed by atoms with E-state index in [1.807, 2.05) is 0 Å². The lowest BCUT2D eigenvalue weighted by atomic mass is 9.88. The van der Waals surface area contributed by atoms with Gasteiger partial charge in [0.25, 0.3) is 0 Å². The zero-order valence-corrected chi connectivity index (χ0v) is 49.2. The second kappa shape index (κ2) is 32.4. The average Bonchev–Trinajstić information content (AvgIpc) is 1.46. The number of aliphatic hydroxyl groups is 20. The van der Waals surface area contributed by atoms with Gasteiger partial charge in [0.2, 0.25) is 17.6 Å². The summed E-state index contributed by atoms with van der Waals surface area (Å²) in [7, 11) is 0.942. The third-order valence-corrected chi connectivity index (χ3v) is 16.8. The molecule has 0 aromatic carbocycles. The number of ether oxygens (including phenoxy) is 14. The number of hydrogen-bond donors (Lipinski definition) is 22. The van der Waals surface area contributed by atoms with Gasteiger partial charge in [-0.2, -0.15) is 0 Å². The minimum absolute atomic E-state index is 0.742. The summed E-state index contributed by atoms with van der Waals surface area (Å²) in [6.45, 7) is -3.84. The van der Waals surface area contributed by atoms with Gasteiger partial charge in [0, 0.05) is 27.4 Å². The molecule has 40 nitrogen and oxygen atoms in total. The molecule has 91 heavy (non-hydrogen) atoms. The summed E-state index contributed by atoms with van der Waals surface area (Å²) in [5.41, 5.74) is 0. The lowest BCUT2D eigenvalue weighted by molar-refractivity contribution is -0.413. The van der Waals surface area contributed by atoms with E-state index in [1.54, 1.807) is 0 Å². The van der Waals surface area contributed by atoms with E-state index in [0.717, 1.165) is 21.0 Å². The first kappa shape index (κ1) is 75.4. The highest BCUT2D eigenvalue weighted by Crippen LogP contribution is 2.41. The number of methoxy groups -OCH3 is 1. The Morgan fingerprint density at radius 2 is 0.945 bits per heavy atom. The Morgan fingerprint density at radius 3 is 1.52 bits per heavy atom. The van der Waals surface area contributed by atoms with Gasteiger partial charge in [-0.1, -0.05) is 0 Å². The van der Waals surface area contributed by atoms with Crippen molar-refractivity contribution in [2.24, 2.45) is 0 Å². The van der Waals surface area contributed by atoms with Crippen LogP contribution in [0.25, 0.3) is 0 Å². The SMILES string of the molecule is CO[C@H]1C(O[C@]2(C(=O)[O-])C[C@@H](O)[C@@H](NC(C)=O)C(C(O)C(O)CO)O2)[C@@H](O)C(CO)O[C@H]1O[C@@H]1C(CO)O[C@@H](O[C@@H]2C(O)[C@H](O[C@@H]3C(CO)O[C@@H](OC4[C@H](O)C(CO)O[C@@H](C)[C@H]4O)[C@@H](O)C3O)OC(CO[C@@H]3OC(CO)[C@H](O)C(O)[C@@H]3O)[C@@H]2O)[C@@H](NC(C)=O)C1O. The van der Waals surface area contributed by atoms with Crippen LogP contribution in [0.3, 0.4) is 0 Å². The van der Waals surface area contributed by atoms with Gasteiger partial charge in [-0.3, -0.25) is 9.59 Å². The minimum atomic E-state index is -3.27. The van der Waals surface area contributed by atoms with E-state index in [0.29, 0.717) is 0 Å². The van der Waals surface area contributed by atoms with Gasteiger partial charge in [-0.05, 0) is 6.92 Å². The zero-order chi connectivity index (χ0) is 67.4. The van der Waals surface area contributed by atoms with Gasteiger partial charge in [0.05, 0.1) is 64.5 Å². The molecule has 7 rings (SSSR count). The Kier molecular flexibility index (Phi) is 26.9. The summed E-state index contributed by atoms with van der Waals surface area (Å²) in [6.07, 6.45) is -65.8. The number of nitrogens with one attached hydrogen (secondary N) is 2. The number of hydrogen-bond acceptors (Lipinski definition) is 38. The topological polar surface area (TPSA) is 632 Å². The molecule has 7 aliphatic heterocycles. The van der Waals surface area contributed by atoms with E-state index >= 15 is 0 Å². The van der Waals surface area contributed by atoms with Gasteiger partial charge in [-0.25, -0.2) is 0 Å². The molecule has 0 radical (unpaired) electrons. The summed E-state index contributed by atoms with van der Waals surface area (Å²) in [4.78, 5) is 38.2. The number of aliphatic carboxylic acids is 1. The van der Waals surface area contributed by atoms with E-state index < -0.39 is 291 Å². The monoisotopic (exact) mass is 1330 g/mol. The second-order valence-corrected chi connectivity index (χ2v) is 23.0. The normalized spacial score (nSPS) is 48.1. The Hall–Kier alpha value is -2.95. The largest absolute Gasteiger partial charge is 0.544 e. The van der Waals surface area contributed by atoms with Crippen molar-refractivity contribution < 1.29 is 188 Å². The highest BCUT2D eigenvalue weighted by molar-refractivity contribution is 5.75. The van der Waals surface area contributed by atoms with Gasteiger partial charge >= 0.3 is 0 Å². The number of amides is 2. The van der Waals surface area contributed by atoms with Gasteiger partial charge in [0.1, 0.15) is 171 Å². The van der Waals surface area contributed by atoms with E-state index in [4.69, 9.17) is 66.3 Å². The van der Waals surface area contributed by atoms with Gasteiger partial charge < -0.3 is 189 Å². The smallest absolute Gasteiger partial charge is 0.217 e. The van der Waals surface area contributed by atoms with Crippen molar-refractivity contribution in [2.45, 2.75) is 247 Å². The average molecular weight is 1330 g/mol. The fraction of sp³-hybridized carbons (Fsp3) is 0.941. The molecule has 40 heteroatoms. The molecule has 2 amide bonds. The van der Waals surface area contributed by atoms with E-state index in [9.17, 15) is 122 Å². The zero-order valence-electron chi connectivity index (χ0n) is 49.2. The molecule has 0 bridgehead atoms. The van der Waals surface area contributed by atoms with Crippen molar-refractivity contribution in [3.63, 3.8) is 0 Å². The molecule has 15 unspecified atom stereocenters. The van der Waals surface area contributed by atoms with Crippen LogP contribution in [0.15, 0.2) is 0 Å². The number of carboxylic acids is 1. The first-order chi connectivity index (χ1) is 43.0. The fourth-order valence-corrected chi connectivity index (χ4v) is 11.8. The fourth-order valence-electron chi connectivity index (χ4n) is 11.8. The van der Waals surface area contributed by atoms with Crippen molar-refractivity contribution in [3.05, 3.63) is 0 Å². The van der Waals surface area contributed by atoms with Crippen molar-refractivity contribution in [2.75, 3.05) is 53.4 Å². The van der Waals surface area contributed by atoms with E-state index in [1.165, 1.54) is 6.92 Å². The third-order valence-electron chi connectivity index (χ3n) is 16.8. The van der Waals surface area contributed by atoms with Crippen LogP contribution < -0.4 is 15.7 Å². The van der Waals surface area contributed by atoms with Gasteiger partial charge in [0.15, 0.2) is 31.5 Å². The van der Waals surface area contributed by atoms with Crippen LogP contribution in [-0.2, 0) is 80.7 Å². The van der Waals surface area contributed by atoms with Crippen molar-refractivity contribution in [3.8, 4) is 0 Å². The van der Waals surface area contributed by atoms with E-state index in [2.05, 4.69) is 10.6 Å². The van der Waals surface area contributed by atoms with Crippen molar-refractivity contribution in [1.82, 2.24) is 10.6 Å². The van der Waals surface area contributed by atoms with Crippen LogP contribution in [0.1, 0.15) is 27.2 Å². The predicted octanol–water partition coefficient (Wildman–Crippen LogP) is -16.4. The molecule has 7 heterocycles. The van der Waals surface area contributed by atoms with Crippen LogP contribution in [0.5, 0.6) is 0 Å². The maximum absolute atomic E-state index is 13.1. The summed E-state index contributed by atoms with van der Waals surface area (Å²) < 4.78 is 80.9. The van der Waals surface area contributed by atoms with Crippen molar-refractivity contribution >= 4 is 17.8 Å². The Labute approximate surface area is 516 Å². The molecule has 7 fully saturated rings. The standard InChI is InChI=1S/C51H86N2O38/c1-13-26(64)41(29(67)19(8-56)80-13)89-47-36(74)34(72)39(22(11-59)84-47)86-48-37(75)42(31(69)23(85-48)12-79-46-35(73)33(71)28(66)18(7-55)81-46)88-45-25(53-15(3)61)32(70)38(21(10-58)83-45)87-49-44(78-4)43(30(68)20(9-57)82-49)91-51(50(76)77)5-16(62)24(52-14(2)60)40(90-51)27(65)17(63)6-54/h13,16-49,54-59,62-75H,5-12H2,1-4H3,(H,52,60)(H,53,61)(H,76,77)/p-1/t13-,16+,17?,18?,19?,20?,21?,22?,23?,24+,25-,26+,27?,28-,29+,30-,31-,32?,33?,34?,35-,36-,37?,38+,39+,40?,41?,42-,43?,44-,45-,46+,47-,48-,49-,51-/m0/s1. The molecule has 7 aliphatic rings. The lowest BCUT2D eigenvalue weighted by Gasteiger charge is -2.53. The number of aliphatic hydroxyl groups excluding tert-OH is 20. The Morgan fingerprint density at radius 1 is 0.495 bits per heavy atom. The quantitative estimate of drug-likeness (QED) is 0.0404. The number of carboxylic acid groups (broad SMARTS) is 1. The van der Waals surface area contributed by atoms with Gasteiger partial charge in [-0.15, -0.1) is 0 Å².